The Hall–Kier alpha value is -2.99. The van der Waals surface area contributed by atoms with Gasteiger partial charge in [-0.15, -0.1) is 5.10 Å². The summed E-state index contributed by atoms with van der Waals surface area (Å²) < 4.78 is 28.4. The van der Waals surface area contributed by atoms with Crippen LogP contribution in [0, 0.1) is 11.6 Å². The van der Waals surface area contributed by atoms with Gasteiger partial charge in [-0.1, -0.05) is 29.8 Å². The Bertz CT molecular complexity index is 1090. The summed E-state index contributed by atoms with van der Waals surface area (Å²) in [7, 11) is 0. The molecule has 0 amide bonds. The number of imidazole rings is 1. The van der Waals surface area contributed by atoms with Crippen LogP contribution in [0.2, 0.25) is 5.02 Å². The first kappa shape index (κ1) is 16.5. The largest absolute Gasteiger partial charge is 0.364 e. The van der Waals surface area contributed by atoms with Crippen LogP contribution >= 0.6 is 11.6 Å². The molecule has 2 aromatic carbocycles. The Kier molecular flexibility index (Phi) is 4.26. The quantitative estimate of drug-likeness (QED) is 0.553. The lowest BCUT2D eigenvalue weighted by molar-refractivity contribution is 0.574. The number of nitrogens with one attached hydrogen (secondary N) is 1. The van der Waals surface area contributed by atoms with Crippen LogP contribution in [0.1, 0.15) is 5.56 Å². The second-order valence-electron chi connectivity index (χ2n) is 5.73. The van der Waals surface area contributed by atoms with Gasteiger partial charge in [0.05, 0.1) is 11.9 Å². The molecule has 0 spiro atoms. The van der Waals surface area contributed by atoms with Gasteiger partial charge in [0.25, 0.3) is 0 Å². The summed E-state index contributed by atoms with van der Waals surface area (Å²) in [6, 6.07) is 14.5. The fraction of sp³-hybridized carbons (Fsp3) is 0.0526. The Morgan fingerprint density at radius 2 is 1.92 bits per heavy atom. The van der Waals surface area contributed by atoms with Crippen LogP contribution in [-0.4, -0.2) is 14.6 Å². The molecule has 130 valence electrons. The fourth-order valence-corrected chi connectivity index (χ4v) is 2.85. The van der Waals surface area contributed by atoms with E-state index in [1.54, 1.807) is 22.8 Å². The minimum Gasteiger partial charge on any atom is -0.364 e. The Balaban J connectivity index is 1.63. The number of aromatic nitrogens is 3. The molecule has 0 unspecified atom stereocenters. The number of benzene rings is 2. The molecule has 0 aliphatic rings. The summed E-state index contributed by atoms with van der Waals surface area (Å²) in [5, 5.41) is 8.18. The van der Waals surface area contributed by atoms with Crippen LogP contribution in [0.5, 0.6) is 0 Å². The van der Waals surface area contributed by atoms with Crippen molar-refractivity contribution in [3.63, 3.8) is 0 Å². The first-order valence-electron chi connectivity index (χ1n) is 7.89. The molecule has 1 N–H and O–H groups in total. The molecule has 2 aromatic heterocycles. The second-order valence-corrected chi connectivity index (χ2v) is 6.17. The third kappa shape index (κ3) is 3.23. The molecule has 4 rings (SSSR count). The van der Waals surface area contributed by atoms with E-state index in [0.29, 0.717) is 22.1 Å². The molecule has 26 heavy (non-hydrogen) atoms. The van der Waals surface area contributed by atoms with Crippen molar-refractivity contribution < 1.29 is 8.78 Å². The van der Waals surface area contributed by atoms with Crippen molar-refractivity contribution >= 4 is 23.1 Å². The molecule has 0 saturated carbocycles. The van der Waals surface area contributed by atoms with Crippen LogP contribution in [-0.2, 0) is 6.54 Å². The SMILES string of the molecule is Fc1ccc(CNc2ccc3ncc(-c4cccc(Cl)c4)n3n2)c(F)c1. The molecule has 4 aromatic rings. The van der Waals surface area contributed by atoms with E-state index in [4.69, 9.17) is 11.6 Å². The van der Waals surface area contributed by atoms with Crippen molar-refractivity contribution in [2.45, 2.75) is 6.54 Å². The number of anilines is 1. The lowest BCUT2D eigenvalue weighted by Gasteiger charge is -2.08. The van der Waals surface area contributed by atoms with Gasteiger partial charge in [0.1, 0.15) is 17.5 Å². The Morgan fingerprint density at radius 3 is 2.73 bits per heavy atom. The van der Waals surface area contributed by atoms with Crippen LogP contribution in [0.15, 0.2) is 60.8 Å². The van der Waals surface area contributed by atoms with Crippen molar-refractivity contribution in [3.05, 3.63) is 83.0 Å². The van der Waals surface area contributed by atoms with E-state index in [0.717, 1.165) is 17.3 Å². The van der Waals surface area contributed by atoms with Crippen molar-refractivity contribution in [2.75, 3.05) is 5.32 Å². The van der Waals surface area contributed by atoms with Gasteiger partial charge < -0.3 is 5.32 Å². The lowest BCUT2D eigenvalue weighted by Crippen LogP contribution is -2.06. The molecule has 0 atom stereocenters. The normalized spacial score (nSPS) is 11.0. The van der Waals surface area contributed by atoms with E-state index in [1.807, 2.05) is 24.3 Å². The van der Waals surface area contributed by atoms with E-state index in [1.165, 1.54) is 12.1 Å². The molecule has 4 nitrogen and oxygen atoms in total. The standard InChI is InChI=1S/C19H13ClF2N4/c20-14-3-1-2-12(8-14)17-11-24-19-7-6-18(25-26(17)19)23-10-13-4-5-15(21)9-16(13)22/h1-9,11H,10H2,(H,23,25). The van der Waals surface area contributed by atoms with Gasteiger partial charge in [-0.25, -0.2) is 18.3 Å². The summed E-state index contributed by atoms with van der Waals surface area (Å²) in [5.74, 6) is -0.654. The second kappa shape index (κ2) is 6.72. The van der Waals surface area contributed by atoms with E-state index in [9.17, 15) is 8.78 Å². The first-order chi connectivity index (χ1) is 12.6. The number of hydrogen-bond acceptors (Lipinski definition) is 3. The number of hydrogen-bond donors (Lipinski definition) is 1. The number of nitrogens with zero attached hydrogens (tertiary/aromatic N) is 3. The zero-order valence-electron chi connectivity index (χ0n) is 13.5. The van der Waals surface area contributed by atoms with Gasteiger partial charge in [-0.3, -0.25) is 0 Å². The smallest absolute Gasteiger partial charge is 0.154 e. The molecule has 0 radical (unpaired) electrons. The van der Waals surface area contributed by atoms with Gasteiger partial charge in [-0.2, -0.15) is 0 Å². The average Bonchev–Trinajstić information content (AvgIpc) is 3.04. The zero-order chi connectivity index (χ0) is 18.1. The first-order valence-corrected chi connectivity index (χ1v) is 8.26. The van der Waals surface area contributed by atoms with Gasteiger partial charge >= 0.3 is 0 Å². The molecule has 0 aliphatic heterocycles. The van der Waals surface area contributed by atoms with Crippen LogP contribution in [0.25, 0.3) is 16.9 Å². The summed E-state index contributed by atoms with van der Waals surface area (Å²) in [4.78, 5) is 4.34. The highest BCUT2D eigenvalue weighted by Crippen LogP contribution is 2.23. The topological polar surface area (TPSA) is 42.2 Å². The van der Waals surface area contributed by atoms with Gasteiger partial charge in [-0.05, 0) is 30.3 Å². The maximum absolute atomic E-state index is 13.8. The van der Waals surface area contributed by atoms with Crippen molar-refractivity contribution in [2.24, 2.45) is 0 Å². The molecule has 7 heteroatoms. The summed E-state index contributed by atoms with van der Waals surface area (Å²) in [6.45, 7) is 0.186. The van der Waals surface area contributed by atoms with Gasteiger partial charge in [0.15, 0.2) is 5.65 Å². The molecular weight excluding hydrogens is 358 g/mol. The predicted molar refractivity (Wildman–Crippen MR) is 97.1 cm³/mol. The third-order valence-corrected chi connectivity index (χ3v) is 4.19. The van der Waals surface area contributed by atoms with Crippen molar-refractivity contribution in [1.29, 1.82) is 0 Å². The zero-order valence-corrected chi connectivity index (χ0v) is 14.2. The molecule has 0 aliphatic carbocycles. The third-order valence-electron chi connectivity index (χ3n) is 3.96. The highest BCUT2D eigenvalue weighted by Gasteiger charge is 2.09. The summed E-state index contributed by atoms with van der Waals surface area (Å²) in [5.41, 5.74) is 2.71. The number of fused-ring (bicyclic) bond motifs is 1. The molecule has 0 fully saturated rings. The van der Waals surface area contributed by atoms with Crippen LogP contribution in [0.3, 0.4) is 0 Å². The van der Waals surface area contributed by atoms with Gasteiger partial charge in [0, 0.05) is 28.8 Å². The monoisotopic (exact) mass is 370 g/mol. The Labute approximate surface area is 153 Å². The van der Waals surface area contributed by atoms with E-state index in [-0.39, 0.29) is 6.54 Å². The molecule has 0 saturated heterocycles. The Morgan fingerprint density at radius 1 is 1.04 bits per heavy atom. The van der Waals surface area contributed by atoms with Gasteiger partial charge in [0.2, 0.25) is 0 Å². The summed E-state index contributed by atoms with van der Waals surface area (Å²) >= 11 is 6.06. The molecule has 0 bridgehead atoms. The number of halogens is 3. The lowest BCUT2D eigenvalue weighted by atomic mass is 10.2. The maximum atomic E-state index is 13.8. The minimum atomic E-state index is -0.602. The predicted octanol–water partition coefficient (Wildman–Crippen LogP) is 4.94. The summed E-state index contributed by atoms with van der Waals surface area (Å²) in [6.07, 6.45) is 1.72. The van der Waals surface area contributed by atoms with Crippen molar-refractivity contribution in [3.8, 4) is 11.3 Å². The highest BCUT2D eigenvalue weighted by atomic mass is 35.5. The highest BCUT2D eigenvalue weighted by molar-refractivity contribution is 6.30. The molecular formula is C19H13ClF2N4. The van der Waals surface area contributed by atoms with E-state index in [2.05, 4.69) is 15.4 Å². The van der Waals surface area contributed by atoms with E-state index >= 15 is 0 Å². The van der Waals surface area contributed by atoms with Crippen LogP contribution < -0.4 is 5.32 Å². The molecule has 2 heterocycles. The number of rotatable bonds is 4. The maximum Gasteiger partial charge on any atom is 0.154 e. The van der Waals surface area contributed by atoms with Crippen molar-refractivity contribution in [1.82, 2.24) is 14.6 Å². The minimum absolute atomic E-state index is 0.186. The van der Waals surface area contributed by atoms with Crippen LogP contribution in [0.4, 0.5) is 14.6 Å². The van der Waals surface area contributed by atoms with E-state index < -0.39 is 11.6 Å². The average molecular weight is 371 g/mol. The fourth-order valence-electron chi connectivity index (χ4n) is 2.66.